The lowest BCUT2D eigenvalue weighted by Crippen LogP contribution is -2.40. The maximum atomic E-state index is 10.3. The summed E-state index contributed by atoms with van der Waals surface area (Å²) in [5, 5.41) is 19.9. The first-order valence-electron chi connectivity index (χ1n) is 11.2. The highest BCUT2D eigenvalue weighted by Crippen LogP contribution is 2.36. The van der Waals surface area contributed by atoms with E-state index in [1.54, 1.807) is 0 Å². The van der Waals surface area contributed by atoms with Crippen molar-refractivity contribution in [2.24, 2.45) is 0 Å². The highest BCUT2D eigenvalue weighted by molar-refractivity contribution is 9.10. The zero-order valence-electron chi connectivity index (χ0n) is 19.2. The first kappa shape index (κ1) is 26.6. The molecule has 1 fully saturated rings. The second-order valence-electron chi connectivity index (χ2n) is 8.79. The van der Waals surface area contributed by atoms with Crippen molar-refractivity contribution in [1.82, 2.24) is 4.90 Å². The van der Waals surface area contributed by atoms with Crippen molar-refractivity contribution in [3.63, 3.8) is 0 Å². The van der Waals surface area contributed by atoms with Crippen LogP contribution in [0.25, 0.3) is 0 Å². The molecule has 8 heteroatoms. The molecule has 3 rings (SSSR count). The van der Waals surface area contributed by atoms with E-state index in [0.29, 0.717) is 18.9 Å². The van der Waals surface area contributed by atoms with E-state index in [9.17, 15) is 10.2 Å². The predicted molar refractivity (Wildman–Crippen MR) is 140 cm³/mol. The number of benzene rings is 2. The van der Waals surface area contributed by atoms with E-state index in [4.69, 9.17) is 21.1 Å². The lowest BCUT2D eigenvalue weighted by Gasteiger charge is -2.28. The molecule has 2 atom stereocenters. The molecule has 0 aliphatic carbocycles. The molecule has 1 aliphatic heterocycles. The number of halogens is 2. The normalized spacial score (nSPS) is 16.9. The molecule has 0 amide bonds. The minimum atomic E-state index is -0.694. The Bertz CT molecular complexity index is 877. The summed E-state index contributed by atoms with van der Waals surface area (Å²) in [5.74, 6) is 3.83. The molecular weight excluding hydrogens is 526 g/mol. The van der Waals surface area contributed by atoms with Crippen LogP contribution in [0.15, 0.2) is 46.9 Å². The molecule has 0 aromatic heterocycles. The fraction of sp³-hybridized carbons (Fsp3) is 0.520. The van der Waals surface area contributed by atoms with Gasteiger partial charge in [0.2, 0.25) is 0 Å². The molecule has 0 bridgehead atoms. The molecule has 2 N–H and O–H groups in total. The number of thioether (sulfide) groups is 1. The Morgan fingerprint density at radius 1 is 1.00 bits per heavy atom. The molecule has 1 aliphatic rings. The lowest BCUT2D eigenvalue weighted by atomic mass is 9.78. The first-order valence-corrected chi connectivity index (χ1v) is 13.7. The third kappa shape index (κ3) is 7.77. The van der Waals surface area contributed by atoms with Crippen LogP contribution in [0, 0.1) is 0 Å². The summed E-state index contributed by atoms with van der Waals surface area (Å²) in [4.78, 5) is 2.30. The van der Waals surface area contributed by atoms with Gasteiger partial charge in [0.05, 0.1) is 10.4 Å². The van der Waals surface area contributed by atoms with Gasteiger partial charge in [0.15, 0.2) is 0 Å². The van der Waals surface area contributed by atoms with Crippen molar-refractivity contribution in [2.75, 3.05) is 50.2 Å². The Balaban J connectivity index is 1.57. The fourth-order valence-electron chi connectivity index (χ4n) is 3.70. The van der Waals surface area contributed by atoms with Gasteiger partial charge in [0, 0.05) is 36.6 Å². The Morgan fingerprint density at radius 2 is 1.64 bits per heavy atom. The third-order valence-electron chi connectivity index (χ3n) is 5.85. The Labute approximate surface area is 214 Å². The smallest absolute Gasteiger partial charge is 0.133 e. The second-order valence-corrected chi connectivity index (χ2v) is 11.2. The highest BCUT2D eigenvalue weighted by atomic mass is 79.9. The summed E-state index contributed by atoms with van der Waals surface area (Å²) < 4.78 is 12.3. The zero-order chi connectivity index (χ0) is 23.8. The van der Waals surface area contributed by atoms with Crippen LogP contribution in [0.1, 0.15) is 25.0 Å². The van der Waals surface area contributed by atoms with Crippen molar-refractivity contribution >= 4 is 39.3 Å². The fourth-order valence-corrected chi connectivity index (χ4v) is 5.26. The van der Waals surface area contributed by atoms with Crippen LogP contribution < -0.4 is 9.47 Å². The molecule has 33 heavy (non-hydrogen) atoms. The van der Waals surface area contributed by atoms with Crippen molar-refractivity contribution in [1.29, 1.82) is 0 Å². The van der Waals surface area contributed by atoms with Gasteiger partial charge in [-0.05, 0) is 51.3 Å². The van der Waals surface area contributed by atoms with Gasteiger partial charge in [-0.3, -0.25) is 4.90 Å². The Hall–Kier alpha value is -0.960. The van der Waals surface area contributed by atoms with Gasteiger partial charge >= 0.3 is 0 Å². The molecule has 182 valence electrons. The summed E-state index contributed by atoms with van der Waals surface area (Å²) in [6.45, 7) is 7.50. The maximum absolute atomic E-state index is 10.3. The molecule has 0 radical (unpaired) electrons. The number of hydrogen-bond acceptors (Lipinski definition) is 6. The third-order valence-corrected chi connectivity index (χ3v) is 7.77. The van der Waals surface area contributed by atoms with E-state index in [1.165, 1.54) is 0 Å². The summed E-state index contributed by atoms with van der Waals surface area (Å²) in [6.07, 6.45) is -1.19. The van der Waals surface area contributed by atoms with Crippen LogP contribution in [0.2, 0.25) is 0 Å². The summed E-state index contributed by atoms with van der Waals surface area (Å²) in [7, 11) is 0. The summed E-state index contributed by atoms with van der Waals surface area (Å²) in [6, 6.07) is 14.0. The largest absolute Gasteiger partial charge is 0.491 e. The van der Waals surface area contributed by atoms with E-state index in [0.717, 1.165) is 45.9 Å². The minimum absolute atomic E-state index is 0.138. The van der Waals surface area contributed by atoms with E-state index < -0.39 is 12.2 Å². The number of aliphatic hydroxyl groups excluding tert-OH is 2. The number of hydrogen-bond donors (Lipinski definition) is 2. The number of rotatable bonds is 11. The number of aliphatic hydroxyl groups is 2. The van der Waals surface area contributed by atoms with Crippen LogP contribution in [0.5, 0.6) is 11.5 Å². The molecule has 1 saturated heterocycles. The van der Waals surface area contributed by atoms with Gasteiger partial charge in [-0.2, -0.15) is 11.8 Å². The van der Waals surface area contributed by atoms with Crippen LogP contribution in [0.4, 0.5) is 0 Å². The van der Waals surface area contributed by atoms with Gasteiger partial charge < -0.3 is 19.7 Å². The van der Waals surface area contributed by atoms with Crippen LogP contribution in [-0.2, 0) is 5.41 Å². The van der Waals surface area contributed by atoms with Crippen LogP contribution in [0.3, 0.4) is 0 Å². The van der Waals surface area contributed by atoms with Crippen molar-refractivity contribution in [3.05, 3.63) is 58.1 Å². The molecule has 0 saturated carbocycles. The minimum Gasteiger partial charge on any atom is -0.491 e. The van der Waals surface area contributed by atoms with Gasteiger partial charge in [0.25, 0.3) is 0 Å². The van der Waals surface area contributed by atoms with Crippen molar-refractivity contribution in [2.45, 2.75) is 31.5 Å². The maximum Gasteiger partial charge on any atom is 0.133 e. The lowest BCUT2D eigenvalue weighted by molar-refractivity contribution is 0.0715. The molecule has 5 nitrogen and oxygen atoms in total. The van der Waals surface area contributed by atoms with Gasteiger partial charge in [-0.25, -0.2) is 0 Å². The van der Waals surface area contributed by atoms with E-state index >= 15 is 0 Å². The quantitative estimate of drug-likeness (QED) is 0.395. The standard InChI is InChI=1S/C25H33BrClNO4S/c1-25(2,19-5-8-24(23(26)13-19)32-16-20(29)14-27)18-3-6-22(7-4-18)31-17-21(30)15-28-9-11-33-12-10-28/h3-8,13,20-21,29-30H,9-12,14-17H2,1-2H3/t20-,21-/m1/s1. The molecular formula is C25H33BrClNO4S. The van der Waals surface area contributed by atoms with E-state index in [2.05, 4.69) is 46.8 Å². The van der Waals surface area contributed by atoms with Gasteiger partial charge in [0.1, 0.15) is 36.9 Å². The zero-order valence-corrected chi connectivity index (χ0v) is 22.3. The number of nitrogens with zero attached hydrogens (tertiary/aromatic N) is 1. The van der Waals surface area contributed by atoms with Crippen molar-refractivity contribution < 1.29 is 19.7 Å². The van der Waals surface area contributed by atoms with Crippen molar-refractivity contribution in [3.8, 4) is 11.5 Å². The molecule has 2 aromatic rings. The number of β-amino-alcohol motifs (C(OH)–C–C–N with tert-alkyl or cyclic N) is 1. The van der Waals surface area contributed by atoms with Crippen LogP contribution >= 0.6 is 39.3 Å². The monoisotopic (exact) mass is 557 g/mol. The molecule has 0 unspecified atom stereocenters. The summed E-state index contributed by atoms with van der Waals surface area (Å²) in [5.41, 5.74) is 2.05. The average Bonchev–Trinajstić information content (AvgIpc) is 2.82. The SMILES string of the molecule is CC(C)(c1ccc(OC[C@H](O)CN2CCSCC2)cc1)c1ccc(OC[C@H](O)CCl)c(Br)c1. The Kier molecular flexibility index (Phi) is 10.2. The van der Waals surface area contributed by atoms with Crippen LogP contribution in [-0.4, -0.2) is 77.6 Å². The molecule has 0 spiro atoms. The molecule has 2 aromatic carbocycles. The first-order chi connectivity index (χ1) is 15.8. The molecule has 1 heterocycles. The topological polar surface area (TPSA) is 62.2 Å². The second kappa shape index (κ2) is 12.7. The Morgan fingerprint density at radius 3 is 2.27 bits per heavy atom. The number of alkyl halides is 1. The number of ether oxygens (including phenoxy) is 2. The average molecular weight is 559 g/mol. The predicted octanol–water partition coefficient (Wildman–Crippen LogP) is 4.54. The summed E-state index contributed by atoms with van der Waals surface area (Å²) >= 11 is 11.2. The van der Waals surface area contributed by atoms with E-state index in [1.807, 2.05) is 42.1 Å². The highest BCUT2D eigenvalue weighted by Gasteiger charge is 2.24. The van der Waals surface area contributed by atoms with E-state index in [-0.39, 0.29) is 17.9 Å². The van der Waals surface area contributed by atoms with Gasteiger partial charge in [-0.15, -0.1) is 11.6 Å². The van der Waals surface area contributed by atoms with Gasteiger partial charge in [-0.1, -0.05) is 32.0 Å².